The molecule has 20 heavy (non-hydrogen) atoms. The van der Waals surface area contributed by atoms with Gasteiger partial charge >= 0.3 is 5.97 Å². The van der Waals surface area contributed by atoms with Gasteiger partial charge in [-0.05, 0) is 45.0 Å². The quantitative estimate of drug-likeness (QED) is 0.508. The Balaban J connectivity index is 2.61. The molecule has 1 aromatic carbocycles. The number of anilines is 1. The zero-order valence-electron chi connectivity index (χ0n) is 11.7. The van der Waals surface area contributed by atoms with E-state index in [0.717, 1.165) is 0 Å². The first-order valence-corrected chi connectivity index (χ1v) is 6.19. The first-order chi connectivity index (χ1) is 9.43. The number of amides is 1. The summed E-state index contributed by atoms with van der Waals surface area (Å²) in [6.07, 6.45) is 1.88. The van der Waals surface area contributed by atoms with Crippen LogP contribution in [0.3, 0.4) is 0 Å². The standard InChI is InChI=1S/C15H17NO4/c1-4-5-14(18)20-11(3)15(19)16-13-8-6-12(7-9-13)10(2)17/h4-9,11H,1-3H3,(H,16,19)/b5-4+/t11-/m1/s1. The van der Waals surface area contributed by atoms with E-state index in [0.29, 0.717) is 11.3 Å². The second-order valence-electron chi connectivity index (χ2n) is 4.20. The fourth-order valence-electron chi connectivity index (χ4n) is 1.44. The summed E-state index contributed by atoms with van der Waals surface area (Å²) in [5, 5.41) is 2.60. The molecule has 0 heterocycles. The average molecular weight is 275 g/mol. The van der Waals surface area contributed by atoms with Crippen LogP contribution in [0.1, 0.15) is 31.1 Å². The number of Topliss-reactive ketones (excluding diaryl/α,β-unsaturated/α-hetero) is 1. The van der Waals surface area contributed by atoms with Crippen molar-refractivity contribution in [2.24, 2.45) is 0 Å². The van der Waals surface area contributed by atoms with E-state index in [1.54, 1.807) is 31.2 Å². The van der Waals surface area contributed by atoms with Crippen LogP contribution >= 0.6 is 0 Å². The highest BCUT2D eigenvalue weighted by molar-refractivity contribution is 5.97. The third-order valence-corrected chi connectivity index (χ3v) is 2.52. The Kier molecular flexibility index (Phi) is 5.65. The molecule has 0 aliphatic carbocycles. The van der Waals surface area contributed by atoms with E-state index in [1.807, 2.05) is 0 Å². The SMILES string of the molecule is C/C=C/C(=O)O[C@H](C)C(=O)Nc1ccc(C(C)=O)cc1. The third kappa shape index (κ3) is 4.68. The zero-order valence-corrected chi connectivity index (χ0v) is 11.7. The fraction of sp³-hybridized carbons (Fsp3) is 0.267. The van der Waals surface area contributed by atoms with Crippen LogP contribution in [-0.4, -0.2) is 23.8 Å². The Bertz CT molecular complexity index is 531. The molecular weight excluding hydrogens is 258 g/mol. The Hall–Kier alpha value is -2.43. The Labute approximate surface area is 117 Å². The number of carbonyl (C=O) groups is 3. The van der Waals surface area contributed by atoms with E-state index in [9.17, 15) is 14.4 Å². The molecule has 5 heteroatoms. The van der Waals surface area contributed by atoms with Gasteiger partial charge in [-0.1, -0.05) is 6.08 Å². The highest BCUT2D eigenvalue weighted by atomic mass is 16.5. The minimum atomic E-state index is -0.897. The summed E-state index contributed by atoms with van der Waals surface area (Å²) in [4.78, 5) is 34.1. The maximum atomic E-state index is 11.8. The van der Waals surface area contributed by atoms with Gasteiger partial charge < -0.3 is 10.1 Å². The van der Waals surface area contributed by atoms with Gasteiger partial charge in [-0.15, -0.1) is 0 Å². The van der Waals surface area contributed by atoms with Crippen LogP contribution < -0.4 is 5.32 Å². The van der Waals surface area contributed by atoms with E-state index in [2.05, 4.69) is 5.32 Å². The molecule has 0 aliphatic heterocycles. The van der Waals surface area contributed by atoms with Gasteiger partial charge in [0, 0.05) is 17.3 Å². The molecule has 1 rings (SSSR count). The fourth-order valence-corrected chi connectivity index (χ4v) is 1.44. The molecule has 0 saturated heterocycles. The number of benzene rings is 1. The highest BCUT2D eigenvalue weighted by Crippen LogP contribution is 2.11. The monoisotopic (exact) mass is 275 g/mol. The van der Waals surface area contributed by atoms with Gasteiger partial charge in [0.2, 0.25) is 0 Å². The third-order valence-electron chi connectivity index (χ3n) is 2.52. The molecule has 1 amide bonds. The molecule has 0 aromatic heterocycles. The molecule has 1 aromatic rings. The van der Waals surface area contributed by atoms with Crippen LogP contribution in [0.25, 0.3) is 0 Å². The van der Waals surface area contributed by atoms with E-state index in [1.165, 1.54) is 26.0 Å². The van der Waals surface area contributed by atoms with Crippen molar-refractivity contribution >= 4 is 23.3 Å². The van der Waals surface area contributed by atoms with Crippen molar-refractivity contribution in [2.75, 3.05) is 5.32 Å². The predicted molar refractivity (Wildman–Crippen MR) is 75.4 cm³/mol. The number of hydrogen-bond donors (Lipinski definition) is 1. The van der Waals surface area contributed by atoms with Crippen molar-refractivity contribution in [3.63, 3.8) is 0 Å². The van der Waals surface area contributed by atoms with Crippen LogP contribution in [0.15, 0.2) is 36.4 Å². The Morgan fingerprint density at radius 2 is 1.80 bits per heavy atom. The van der Waals surface area contributed by atoms with Gasteiger partial charge in [0.15, 0.2) is 11.9 Å². The molecule has 0 fully saturated rings. The van der Waals surface area contributed by atoms with E-state index in [4.69, 9.17) is 4.74 Å². The summed E-state index contributed by atoms with van der Waals surface area (Å²) >= 11 is 0. The lowest BCUT2D eigenvalue weighted by Crippen LogP contribution is -2.29. The lowest BCUT2D eigenvalue weighted by atomic mass is 10.1. The molecule has 0 spiro atoms. The van der Waals surface area contributed by atoms with E-state index < -0.39 is 18.0 Å². The summed E-state index contributed by atoms with van der Waals surface area (Å²) in [6, 6.07) is 6.48. The number of carbonyl (C=O) groups excluding carboxylic acids is 3. The first-order valence-electron chi connectivity index (χ1n) is 6.19. The summed E-state index contributed by atoms with van der Waals surface area (Å²) in [5.74, 6) is -1.04. The summed E-state index contributed by atoms with van der Waals surface area (Å²) in [7, 11) is 0. The van der Waals surface area contributed by atoms with Crippen molar-refractivity contribution in [1.82, 2.24) is 0 Å². The van der Waals surface area contributed by atoms with E-state index in [-0.39, 0.29) is 5.78 Å². The highest BCUT2D eigenvalue weighted by Gasteiger charge is 2.16. The summed E-state index contributed by atoms with van der Waals surface area (Å²) in [5.41, 5.74) is 1.10. The topological polar surface area (TPSA) is 72.5 Å². The normalized spacial score (nSPS) is 11.9. The zero-order chi connectivity index (χ0) is 15.1. The molecule has 0 saturated carbocycles. The number of allylic oxidation sites excluding steroid dienone is 1. The molecule has 1 atom stereocenters. The largest absolute Gasteiger partial charge is 0.449 e. The second kappa shape index (κ2) is 7.23. The number of hydrogen-bond acceptors (Lipinski definition) is 4. The number of ketones is 1. The van der Waals surface area contributed by atoms with Crippen LogP contribution in [0, 0.1) is 0 Å². The molecule has 0 bridgehead atoms. The molecule has 106 valence electrons. The number of ether oxygens (including phenoxy) is 1. The van der Waals surface area contributed by atoms with Crippen molar-refractivity contribution in [3.05, 3.63) is 42.0 Å². The van der Waals surface area contributed by atoms with Crippen LogP contribution in [0.5, 0.6) is 0 Å². The molecule has 1 N–H and O–H groups in total. The molecule has 0 radical (unpaired) electrons. The molecule has 0 unspecified atom stereocenters. The number of esters is 1. The second-order valence-corrected chi connectivity index (χ2v) is 4.20. The predicted octanol–water partition coefficient (Wildman–Crippen LogP) is 2.34. The maximum absolute atomic E-state index is 11.8. The lowest BCUT2D eigenvalue weighted by Gasteiger charge is -2.12. The van der Waals surface area contributed by atoms with Crippen molar-refractivity contribution in [3.8, 4) is 0 Å². The van der Waals surface area contributed by atoms with Gasteiger partial charge in [-0.25, -0.2) is 4.79 Å². The number of nitrogens with one attached hydrogen (secondary N) is 1. The van der Waals surface area contributed by atoms with Crippen LogP contribution in [0.2, 0.25) is 0 Å². The lowest BCUT2D eigenvalue weighted by molar-refractivity contribution is -0.148. The van der Waals surface area contributed by atoms with Crippen molar-refractivity contribution in [2.45, 2.75) is 26.9 Å². The van der Waals surface area contributed by atoms with Gasteiger partial charge in [-0.2, -0.15) is 0 Å². The summed E-state index contributed by atoms with van der Waals surface area (Å²) in [6.45, 7) is 4.64. The molecular formula is C15H17NO4. The van der Waals surface area contributed by atoms with Crippen LogP contribution in [0.4, 0.5) is 5.69 Å². The van der Waals surface area contributed by atoms with Gasteiger partial charge in [0.05, 0.1) is 0 Å². The summed E-state index contributed by atoms with van der Waals surface area (Å²) < 4.78 is 4.89. The Morgan fingerprint density at radius 3 is 2.30 bits per heavy atom. The van der Waals surface area contributed by atoms with Gasteiger partial charge in [-0.3, -0.25) is 9.59 Å². The minimum absolute atomic E-state index is 0.0449. The first kappa shape index (κ1) is 15.6. The van der Waals surface area contributed by atoms with Crippen LogP contribution in [-0.2, 0) is 14.3 Å². The van der Waals surface area contributed by atoms with Crippen molar-refractivity contribution < 1.29 is 19.1 Å². The minimum Gasteiger partial charge on any atom is -0.449 e. The molecule has 5 nitrogen and oxygen atoms in total. The number of rotatable bonds is 5. The smallest absolute Gasteiger partial charge is 0.331 e. The van der Waals surface area contributed by atoms with Gasteiger partial charge in [0.1, 0.15) is 0 Å². The van der Waals surface area contributed by atoms with Crippen molar-refractivity contribution in [1.29, 1.82) is 0 Å². The van der Waals surface area contributed by atoms with Gasteiger partial charge in [0.25, 0.3) is 5.91 Å². The average Bonchev–Trinajstić information content (AvgIpc) is 2.39. The maximum Gasteiger partial charge on any atom is 0.331 e. The Morgan fingerprint density at radius 1 is 1.20 bits per heavy atom. The molecule has 0 aliphatic rings. The van der Waals surface area contributed by atoms with E-state index >= 15 is 0 Å².